The number of rotatable bonds is 2. The van der Waals surface area contributed by atoms with Crippen molar-refractivity contribution in [2.45, 2.75) is 38.6 Å². The van der Waals surface area contributed by atoms with Crippen LogP contribution in [0.4, 0.5) is 0 Å². The van der Waals surface area contributed by atoms with Crippen molar-refractivity contribution in [3.8, 4) is 0 Å². The van der Waals surface area contributed by atoms with Crippen LogP contribution in [0.1, 0.15) is 32.6 Å². The molecule has 2 rings (SSSR count). The van der Waals surface area contributed by atoms with Crippen LogP contribution in [-0.2, 0) is 9.53 Å². The zero-order valence-electron chi connectivity index (χ0n) is 9.24. The molecule has 0 spiro atoms. The molecule has 1 saturated heterocycles. The van der Waals surface area contributed by atoms with E-state index in [2.05, 4.69) is 4.99 Å². The van der Waals surface area contributed by atoms with Crippen LogP contribution in [0.15, 0.2) is 4.99 Å². The van der Waals surface area contributed by atoms with Crippen LogP contribution >= 0.6 is 0 Å². The standard InChI is InChI=1S/C11H18N2O2/c1-2-10(14)13-7-3-5-9(13)11-12-6-4-8-15-11/h9H,2-8H2,1H3. The number of hydrogen-bond acceptors (Lipinski definition) is 3. The van der Waals surface area contributed by atoms with Crippen LogP contribution in [-0.4, -0.2) is 42.4 Å². The van der Waals surface area contributed by atoms with Gasteiger partial charge in [-0.3, -0.25) is 9.79 Å². The largest absolute Gasteiger partial charge is 0.479 e. The van der Waals surface area contributed by atoms with Gasteiger partial charge in [-0.25, -0.2) is 0 Å². The average Bonchev–Trinajstić information content (AvgIpc) is 2.78. The van der Waals surface area contributed by atoms with Gasteiger partial charge in [-0.2, -0.15) is 0 Å². The smallest absolute Gasteiger partial charge is 0.222 e. The van der Waals surface area contributed by atoms with Crippen molar-refractivity contribution in [1.29, 1.82) is 0 Å². The highest BCUT2D eigenvalue weighted by atomic mass is 16.5. The van der Waals surface area contributed by atoms with Gasteiger partial charge < -0.3 is 9.64 Å². The Balaban J connectivity index is 2.06. The summed E-state index contributed by atoms with van der Waals surface area (Å²) >= 11 is 0. The summed E-state index contributed by atoms with van der Waals surface area (Å²) in [6, 6.07) is 0.123. The van der Waals surface area contributed by atoms with Crippen molar-refractivity contribution in [2.75, 3.05) is 19.7 Å². The van der Waals surface area contributed by atoms with E-state index in [-0.39, 0.29) is 11.9 Å². The molecule has 84 valence electrons. The van der Waals surface area contributed by atoms with Crippen LogP contribution < -0.4 is 0 Å². The van der Waals surface area contributed by atoms with Gasteiger partial charge in [-0.15, -0.1) is 0 Å². The first kappa shape index (κ1) is 10.5. The van der Waals surface area contributed by atoms with Gasteiger partial charge in [0.2, 0.25) is 11.8 Å². The van der Waals surface area contributed by atoms with Gasteiger partial charge >= 0.3 is 0 Å². The molecule has 2 aliphatic rings. The predicted molar refractivity (Wildman–Crippen MR) is 57.9 cm³/mol. The lowest BCUT2D eigenvalue weighted by atomic mass is 10.2. The molecular formula is C11H18N2O2. The third-order valence-electron chi connectivity index (χ3n) is 2.98. The van der Waals surface area contributed by atoms with E-state index in [0.717, 1.165) is 44.9 Å². The van der Waals surface area contributed by atoms with Gasteiger partial charge in [-0.1, -0.05) is 6.92 Å². The van der Waals surface area contributed by atoms with Crippen molar-refractivity contribution in [3.63, 3.8) is 0 Å². The SMILES string of the molecule is CCC(=O)N1CCCC1C1=NCCCO1. The van der Waals surface area contributed by atoms with Crippen molar-refractivity contribution in [3.05, 3.63) is 0 Å². The number of aliphatic imine (C=N–C) groups is 1. The second kappa shape index (κ2) is 4.64. The zero-order chi connectivity index (χ0) is 10.7. The Morgan fingerprint density at radius 3 is 3.13 bits per heavy atom. The normalized spacial score (nSPS) is 26.1. The molecule has 0 aromatic rings. The maximum absolute atomic E-state index is 11.7. The molecule has 1 amide bonds. The first-order valence-electron chi connectivity index (χ1n) is 5.79. The first-order chi connectivity index (χ1) is 7.33. The van der Waals surface area contributed by atoms with E-state index in [9.17, 15) is 4.79 Å². The summed E-state index contributed by atoms with van der Waals surface area (Å²) in [7, 11) is 0. The molecule has 0 saturated carbocycles. The molecule has 0 aromatic carbocycles. The fourth-order valence-corrected chi connectivity index (χ4v) is 2.20. The molecule has 4 nitrogen and oxygen atoms in total. The Bertz CT molecular complexity index is 276. The second-order valence-corrected chi connectivity index (χ2v) is 4.02. The summed E-state index contributed by atoms with van der Waals surface area (Å²) in [4.78, 5) is 18.0. The highest BCUT2D eigenvalue weighted by Gasteiger charge is 2.33. The monoisotopic (exact) mass is 210 g/mol. The lowest BCUT2D eigenvalue weighted by Gasteiger charge is -2.27. The van der Waals surface area contributed by atoms with Crippen molar-refractivity contribution >= 4 is 11.8 Å². The Morgan fingerprint density at radius 2 is 2.47 bits per heavy atom. The average molecular weight is 210 g/mol. The summed E-state index contributed by atoms with van der Waals surface area (Å²) in [6.07, 6.45) is 3.64. The van der Waals surface area contributed by atoms with E-state index in [0.29, 0.717) is 6.42 Å². The van der Waals surface area contributed by atoms with Crippen molar-refractivity contribution in [1.82, 2.24) is 4.90 Å². The molecule has 0 radical (unpaired) electrons. The number of hydrogen-bond donors (Lipinski definition) is 0. The summed E-state index contributed by atoms with van der Waals surface area (Å²) in [5.41, 5.74) is 0. The van der Waals surface area contributed by atoms with E-state index in [1.54, 1.807) is 0 Å². The van der Waals surface area contributed by atoms with Crippen molar-refractivity contribution < 1.29 is 9.53 Å². The topological polar surface area (TPSA) is 41.9 Å². The summed E-state index contributed by atoms with van der Waals surface area (Å²) < 4.78 is 5.54. The van der Waals surface area contributed by atoms with Gasteiger partial charge in [0.1, 0.15) is 6.04 Å². The highest BCUT2D eigenvalue weighted by Crippen LogP contribution is 2.21. The number of nitrogens with zero attached hydrogens (tertiary/aromatic N) is 2. The fraction of sp³-hybridized carbons (Fsp3) is 0.818. The van der Waals surface area contributed by atoms with E-state index in [4.69, 9.17) is 4.74 Å². The van der Waals surface area contributed by atoms with Gasteiger partial charge in [0.05, 0.1) is 6.61 Å². The molecule has 1 unspecified atom stereocenters. The summed E-state index contributed by atoms with van der Waals surface area (Å²) in [6.45, 7) is 4.37. The number of likely N-dealkylation sites (tertiary alicyclic amines) is 1. The third kappa shape index (κ3) is 2.13. The molecule has 15 heavy (non-hydrogen) atoms. The van der Waals surface area contributed by atoms with Gasteiger partial charge in [0.25, 0.3) is 0 Å². The van der Waals surface area contributed by atoms with E-state index < -0.39 is 0 Å². The summed E-state index contributed by atoms with van der Waals surface area (Å²) in [5, 5.41) is 0. The predicted octanol–water partition coefficient (Wildman–Crippen LogP) is 1.21. The molecule has 2 heterocycles. The maximum Gasteiger partial charge on any atom is 0.222 e. The Kier molecular flexibility index (Phi) is 3.23. The highest BCUT2D eigenvalue weighted by molar-refractivity contribution is 5.88. The molecule has 0 bridgehead atoms. The maximum atomic E-state index is 11.7. The van der Waals surface area contributed by atoms with Crippen LogP contribution in [0.25, 0.3) is 0 Å². The minimum Gasteiger partial charge on any atom is -0.479 e. The van der Waals surface area contributed by atoms with Gasteiger partial charge in [-0.05, 0) is 12.8 Å². The third-order valence-corrected chi connectivity index (χ3v) is 2.98. The molecule has 4 heteroatoms. The van der Waals surface area contributed by atoms with Crippen LogP contribution in [0, 0.1) is 0 Å². The fourth-order valence-electron chi connectivity index (χ4n) is 2.20. The van der Waals surface area contributed by atoms with Crippen LogP contribution in [0.5, 0.6) is 0 Å². The van der Waals surface area contributed by atoms with Crippen LogP contribution in [0.2, 0.25) is 0 Å². The molecule has 1 fully saturated rings. The Labute approximate surface area is 90.3 Å². The van der Waals surface area contributed by atoms with Crippen molar-refractivity contribution in [2.24, 2.45) is 4.99 Å². The quantitative estimate of drug-likeness (QED) is 0.687. The number of ether oxygens (including phenoxy) is 1. The lowest BCUT2D eigenvalue weighted by molar-refractivity contribution is -0.130. The minimum absolute atomic E-state index is 0.123. The number of amides is 1. The zero-order valence-corrected chi connectivity index (χ0v) is 9.24. The van der Waals surface area contributed by atoms with E-state index >= 15 is 0 Å². The summed E-state index contributed by atoms with van der Waals surface area (Å²) in [5.74, 6) is 1.01. The second-order valence-electron chi connectivity index (χ2n) is 4.02. The Hall–Kier alpha value is -1.06. The van der Waals surface area contributed by atoms with E-state index in [1.165, 1.54) is 0 Å². The lowest BCUT2D eigenvalue weighted by Crippen LogP contribution is -2.42. The molecular weight excluding hydrogens is 192 g/mol. The first-order valence-corrected chi connectivity index (χ1v) is 5.79. The molecule has 2 aliphatic heterocycles. The minimum atomic E-state index is 0.123. The number of carbonyl (C=O) groups excluding carboxylic acids is 1. The van der Waals surface area contributed by atoms with Gasteiger partial charge in [0.15, 0.2) is 0 Å². The Morgan fingerprint density at radius 1 is 1.60 bits per heavy atom. The van der Waals surface area contributed by atoms with Crippen LogP contribution in [0.3, 0.4) is 0 Å². The molecule has 0 aromatic heterocycles. The number of carbonyl (C=O) groups is 1. The van der Waals surface area contributed by atoms with E-state index in [1.807, 2.05) is 11.8 Å². The molecule has 0 aliphatic carbocycles. The molecule has 1 atom stereocenters. The molecule has 0 N–H and O–H groups in total. The van der Waals surface area contributed by atoms with Gasteiger partial charge in [0, 0.05) is 25.9 Å².